The highest BCUT2D eigenvalue weighted by Gasteiger charge is 2.33. The van der Waals surface area contributed by atoms with Crippen LogP contribution in [0.1, 0.15) is 49.3 Å². The van der Waals surface area contributed by atoms with Crippen molar-refractivity contribution in [3.05, 3.63) is 65.9 Å². The molecule has 1 fully saturated rings. The standard InChI is InChI=1S/C24H26F2N5OP/c1-14(2)21-27-10-15(11-28-21)23(32)30-20-19(16-6-4-5-7-17(16)25)18(26)12-29-22(20)31-9-8-24(3,33)13-31/h4-7,10-12,14H,8-9,13,33H2,1-3H3,(H,30,32). The maximum atomic E-state index is 15.1. The van der Waals surface area contributed by atoms with Gasteiger partial charge in [0.1, 0.15) is 11.6 Å². The van der Waals surface area contributed by atoms with Crippen LogP contribution in [0.15, 0.2) is 42.9 Å². The zero-order chi connectivity index (χ0) is 23.8. The molecule has 33 heavy (non-hydrogen) atoms. The Morgan fingerprint density at radius 2 is 1.82 bits per heavy atom. The van der Waals surface area contributed by atoms with E-state index < -0.39 is 17.5 Å². The monoisotopic (exact) mass is 469 g/mol. The SMILES string of the molecule is CC(C)c1ncc(C(=O)Nc2c(N3CCC(C)(P)C3)ncc(F)c2-c2ccccc2F)cn1. The summed E-state index contributed by atoms with van der Waals surface area (Å²) in [4.78, 5) is 27.9. The van der Waals surface area contributed by atoms with E-state index in [1.54, 1.807) is 6.07 Å². The maximum absolute atomic E-state index is 15.1. The predicted molar refractivity (Wildman–Crippen MR) is 129 cm³/mol. The Bertz CT molecular complexity index is 1180. The van der Waals surface area contributed by atoms with Gasteiger partial charge < -0.3 is 10.2 Å². The topological polar surface area (TPSA) is 71.0 Å². The second-order valence-electron chi connectivity index (χ2n) is 8.92. The highest BCUT2D eigenvalue weighted by Crippen LogP contribution is 2.41. The number of nitrogens with zero attached hydrogens (tertiary/aromatic N) is 4. The highest BCUT2D eigenvalue weighted by molar-refractivity contribution is 7.19. The van der Waals surface area contributed by atoms with Crippen LogP contribution in [0.3, 0.4) is 0 Å². The molecule has 9 heteroatoms. The molecular weight excluding hydrogens is 443 g/mol. The van der Waals surface area contributed by atoms with Crippen LogP contribution in [0.25, 0.3) is 11.1 Å². The van der Waals surface area contributed by atoms with Gasteiger partial charge in [0.25, 0.3) is 5.91 Å². The van der Waals surface area contributed by atoms with Crippen molar-refractivity contribution in [1.29, 1.82) is 0 Å². The maximum Gasteiger partial charge on any atom is 0.258 e. The third-order valence-corrected chi connectivity index (χ3v) is 6.12. The predicted octanol–water partition coefficient (Wildman–Crippen LogP) is 5.04. The Hall–Kier alpha value is -2.99. The first-order chi connectivity index (χ1) is 15.7. The summed E-state index contributed by atoms with van der Waals surface area (Å²) in [6.07, 6.45) is 4.82. The number of halogens is 2. The summed E-state index contributed by atoms with van der Waals surface area (Å²) in [7, 11) is 2.83. The largest absolute Gasteiger partial charge is 0.354 e. The first-order valence-electron chi connectivity index (χ1n) is 10.8. The van der Waals surface area contributed by atoms with Crippen molar-refractivity contribution in [1.82, 2.24) is 15.0 Å². The zero-order valence-corrected chi connectivity index (χ0v) is 19.9. The first-order valence-corrected chi connectivity index (χ1v) is 11.3. The van der Waals surface area contributed by atoms with Gasteiger partial charge in [-0.2, -0.15) is 0 Å². The molecule has 0 saturated carbocycles. The fourth-order valence-electron chi connectivity index (χ4n) is 3.87. The van der Waals surface area contributed by atoms with Gasteiger partial charge in [0.15, 0.2) is 11.6 Å². The van der Waals surface area contributed by atoms with E-state index in [1.807, 2.05) is 18.7 Å². The van der Waals surface area contributed by atoms with Crippen LogP contribution >= 0.6 is 9.24 Å². The molecular formula is C24H26F2N5OP. The van der Waals surface area contributed by atoms with Crippen LogP contribution in [-0.2, 0) is 0 Å². The molecule has 2 atom stereocenters. The summed E-state index contributed by atoms with van der Waals surface area (Å²) in [6, 6.07) is 5.90. The molecule has 0 radical (unpaired) electrons. The fraction of sp³-hybridized carbons (Fsp3) is 0.333. The van der Waals surface area contributed by atoms with E-state index in [0.29, 0.717) is 24.7 Å². The van der Waals surface area contributed by atoms with Crippen molar-refractivity contribution in [3.8, 4) is 11.1 Å². The van der Waals surface area contributed by atoms with Crippen molar-refractivity contribution >= 4 is 26.7 Å². The Morgan fingerprint density at radius 3 is 2.42 bits per heavy atom. The summed E-state index contributed by atoms with van der Waals surface area (Å²) in [5.74, 6) is -0.712. The lowest BCUT2D eigenvalue weighted by molar-refractivity contribution is 0.102. The van der Waals surface area contributed by atoms with E-state index in [0.717, 1.165) is 12.6 Å². The highest BCUT2D eigenvalue weighted by atomic mass is 31.0. The quantitative estimate of drug-likeness (QED) is 0.531. The molecule has 0 bridgehead atoms. The summed E-state index contributed by atoms with van der Waals surface area (Å²) in [5, 5.41) is 2.73. The van der Waals surface area contributed by atoms with Gasteiger partial charge in [-0.05, 0) is 12.5 Å². The van der Waals surface area contributed by atoms with E-state index in [1.165, 1.54) is 30.6 Å². The minimum atomic E-state index is -0.724. The van der Waals surface area contributed by atoms with Crippen molar-refractivity contribution in [2.24, 2.45) is 0 Å². The van der Waals surface area contributed by atoms with Gasteiger partial charge in [-0.15, -0.1) is 9.24 Å². The number of hydrogen-bond donors (Lipinski definition) is 1. The lowest BCUT2D eigenvalue weighted by Crippen LogP contribution is -2.27. The normalized spacial score (nSPS) is 18.1. The van der Waals surface area contributed by atoms with Gasteiger partial charge in [0, 0.05) is 47.7 Å². The number of hydrogen-bond acceptors (Lipinski definition) is 5. The average molecular weight is 469 g/mol. The molecule has 3 heterocycles. The number of anilines is 2. The van der Waals surface area contributed by atoms with Gasteiger partial charge in [-0.3, -0.25) is 4.79 Å². The Kier molecular flexibility index (Phi) is 6.39. The number of pyridine rings is 1. The van der Waals surface area contributed by atoms with E-state index in [9.17, 15) is 9.18 Å². The number of amides is 1. The molecule has 1 saturated heterocycles. The van der Waals surface area contributed by atoms with E-state index >= 15 is 4.39 Å². The van der Waals surface area contributed by atoms with Crippen LogP contribution in [0.5, 0.6) is 0 Å². The molecule has 2 unspecified atom stereocenters. The van der Waals surface area contributed by atoms with Crippen LogP contribution in [0, 0.1) is 11.6 Å². The first kappa shape index (κ1) is 23.2. The second kappa shape index (κ2) is 9.10. The van der Waals surface area contributed by atoms with Crippen LogP contribution in [0.2, 0.25) is 0 Å². The molecule has 6 nitrogen and oxygen atoms in total. The number of rotatable bonds is 5. The minimum Gasteiger partial charge on any atom is -0.354 e. The third-order valence-electron chi connectivity index (χ3n) is 5.65. The molecule has 1 amide bonds. The number of nitrogens with one attached hydrogen (secondary N) is 1. The molecule has 4 rings (SSSR count). The van der Waals surface area contributed by atoms with Gasteiger partial charge in [-0.25, -0.2) is 23.7 Å². The number of carbonyl (C=O) groups excluding carboxylic acids is 1. The van der Waals surface area contributed by atoms with Crippen LogP contribution in [-0.4, -0.2) is 39.1 Å². The Balaban J connectivity index is 1.80. The van der Waals surface area contributed by atoms with Crippen LogP contribution in [0.4, 0.5) is 20.3 Å². The number of carbonyl (C=O) groups is 1. The Morgan fingerprint density at radius 1 is 1.12 bits per heavy atom. The summed E-state index contributed by atoms with van der Waals surface area (Å²) in [5.41, 5.74) is 0.351. The zero-order valence-electron chi connectivity index (χ0n) is 18.8. The number of benzene rings is 1. The number of aromatic nitrogens is 3. The fourth-order valence-corrected chi connectivity index (χ4v) is 4.22. The van der Waals surface area contributed by atoms with Gasteiger partial charge >= 0.3 is 0 Å². The molecule has 1 aliphatic heterocycles. The molecule has 1 aromatic carbocycles. The second-order valence-corrected chi connectivity index (χ2v) is 10.3. The lowest BCUT2D eigenvalue weighted by Gasteiger charge is -2.25. The van der Waals surface area contributed by atoms with Crippen molar-refractivity contribution in [2.75, 3.05) is 23.3 Å². The minimum absolute atomic E-state index is 0.0384. The van der Waals surface area contributed by atoms with Gasteiger partial charge in [0.2, 0.25) is 0 Å². The molecule has 1 N–H and O–H groups in total. The van der Waals surface area contributed by atoms with Crippen molar-refractivity contribution < 1.29 is 13.6 Å². The molecule has 2 aromatic heterocycles. The smallest absolute Gasteiger partial charge is 0.258 e. The summed E-state index contributed by atoms with van der Waals surface area (Å²) in [6.45, 7) is 7.32. The lowest BCUT2D eigenvalue weighted by atomic mass is 10.0. The molecule has 3 aromatic rings. The molecule has 172 valence electrons. The molecule has 0 aliphatic carbocycles. The van der Waals surface area contributed by atoms with E-state index in [4.69, 9.17) is 0 Å². The Labute approximate surface area is 194 Å². The summed E-state index contributed by atoms with van der Waals surface area (Å²) < 4.78 is 29.8. The van der Waals surface area contributed by atoms with Crippen molar-refractivity contribution in [3.63, 3.8) is 0 Å². The van der Waals surface area contributed by atoms with Crippen LogP contribution < -0.4 is 10.2 Å². The van der Waals surface area contributed by atoms with E-state index in [2.05, 4.69) is 36.4 Å². The van der Waals surface area contributed by atoms with Crippen molar-refractivity contribution in [2.45, 2.75) is 38.3 Å². The van der Waals surface area contributed by atoms with Gasteiger partial charge in [-0.1, -0.05) is 39.0 Å². The third kappa shape index (κ3) is 4.86. The molecule has 1 aliphatic rings. The van der Waals surface area contributed by atoms with Gasteiger partial charge in [0.05, 0.1) is 17.4 Å². The average Bonchev–Trinajstić information content (AvgIpc) is 3.14. The summed E-state index contributed by atoms with van der Waals surface area (Å²) >= 11 is 0. The molecule has 0 spiro atoms. The van der Waals surface area contributed by atoms with E-state index in [-0.39, 0.29) is 33.5 Å².